The fourth-order valence-electron chi connectivity index (χ4n) is 1.09. The number of benzene rings is 1. The summed E-state index contributed by atoms with van der Waals surface area (Å²) in [6.45, 7) is 3.09. The molecule has 1 aromatic rings. The van der Waals surface area contributed by atoms with E-state index in [2.05, 4.69) is 0 Å². The maximum absolute atomic E-state index is 13.0. The molecule has 0 aliphatic carbocycles. The Balaban J connectivity index is 3.08. The molecule has 0 saturated carbocycles. The second kappa shape index (κ2) is 3.88. The van der Waals surface area contributed by atoms with E-state index in [-0.39, 0.29) is 18.0 Å². The number of halogens is 2. The Labute approximate surface area is 81.5 Å². The number of Topliss-reactive ketones (excluding diaryl/α,β-unsaturated/α-hetero) is 1. The number of aryl methyl sites for hydroxylation is 1. The first-order chi connectivity index (χ1) is 6.00. The third-order valence-electron chi connectivity index (χ3n) is 1.77. The normalized spacial score (nSPS) is 10.2. The Morgan fingerprint density at radius 2 is 2.15 bits per heavy atom. The van der Waals surface area contributed by atoms with E-state index < -0.39 is 0 Å². The second-order valence-corrected chi connectivity index (χ2v) is 3.48. The fourth-order valence-corrected chi connectivity index (χ4v) is 1.38. The summed E-state index contributed by atoms with van der Waals surface area (Å²) in [5, 5.41) is 0.453. The van der Waals surface area contributed by atoms with Gasteiger partial charge in [0.1, 0.15) is 11.6 Å². The minimum atomic E-state index is -0.319. The lowest BCUT2D eigenvalue weighted by Crippen LogP contribution is -1.98. The van der Waals surface area contributed by atoms with Crippen LogP contribution >= 0.6 is 11.6 Å². The Hall–Kier alpha value is -0.890. The average molecular weight is 201 g/mol. The number of hydrogen-bond acceptors (Lipinski definition) is 1. The van der Waals surface area contributed by atoms with Crippen molar-refractivity contribution in [1.82, 2.24) is 0 Å². The van der Waals surface area contributed by atoms with Gasteiger partial charge in [0.2, 0.25) is 0 Å². The Bertz CT molecular complexity index is 347. The standard InChI is InChI=1S/C10H10ClFO/c1-6-3-9(11)8(4-7(2)13)5-10(6)12/h3,5H,4H2,1-2H3. The zero-order valence-corrected chi connectivity index (χ0v) is 8.28. The second-order valence-electron chi connectivity index (χ2n) is 3.07. The van der Waals surface area contributed by atoms with E-state index in [9.17, 15) is 9.18 Å². The highest BCUT2D eigenvalue weighted by Crippen LogP contribution is 2.20. The van der Waals surface area contributed by atoms with Crippen LogP contribution in [-0.4, -0.2) is 5.78 Å². The summed E-state index contributed by atoms with van der Waals surface area (Å²) >= 11 is 5.83. The van der Waals surface area contributed by atoms with Crippen molar-refractivity contribution in [3.63, 3.8) is 0 Å². The third kappa shape index (κ3) is 2.52. The van der Waals surface area contributed by atoms with Gasteiger partial charge in [-0.15, -0.1) is 0 Å². The summed E-state index contributed by atoms with van der Waals surface area (Å²) in [6.07, 6.45) is 0.191. The molecule has 0 saturated heterocycles. The summed E-state index contributed by atoms with van der Waals surface area (Å²) < 4.78 is 13.0. The molecule has 1 aromatic carbocycles. The topological polar surface area (TPSA) is 17.1 Å². The van der Waals surface area contributed by atoms with Crippen LogP contribution in [0.5, 0.6) is 0 Å². The van der Waals surface area contributed by atoms with Crippen molar-refractivity contribution in [3.8, 4) is 0 Å². The highest BCUT2D eigenvalue weighted by Gasteiger charge is 2.07. The lowest BCUT2D eigenvalue weighted by atomic mass is 10.1. The van der Waals surface area contributed by atoms with Crippen LogP contribution in [-0.2, 0) is 11.2 Å². The molecule has 0 unspecified atom stereocenters. The number of carbonyl (C=O) groups is 1. The minimum absolute atomic E-state index is 0.0230. The molecular weight excluding hydrogens is 191 g/mol. The summed E-state index contributed by atoms with van der Waals surface area (Å²) in [5.41, 5.74) is 1.05. The van der Waals surface area contributed by atoms with Gasteiger partial charge in [0, 0.05) is 11.4 Å². The molecule has 70 valence electrons. The Morgan fingerprint density at radius 3 is 2.69 bits per heavy atom. The van der Waals surface area contributed by atoms with Gasteiger partial charge < -0.3 is 0 Å². The van der Waals surface area contributed by atoms with Gasteiger partial charge in [-0.2, -0.15) is 0 Å². The highest BCUT2D eigenvalue weighted by atomic mass is 35.5. The largest absolute Gasteiger partial charge is 0.300 e. The van der Waals surface area contributed by atoms with E-state index in [0.717, 1.165) is 0 Å². The lowest BCUT2D eigenvalue weighted by molar-refractivity contribution is -0.116. The van der Waals surface area contributed by atoms with Gasteiger partial charge in [-0.3, -0.25) is 4.79 Å². The smallest absolute Gasteiger partial charge is 0.134 e. The summed E-state index contributed by atoms with van der Waals surface area (Å²) in [4.78, 5) is 10.8. The number of ketones is 1. The number of carbonyl (C=O) groups excluding carboxylic acids is 1. The maximum Gasteiger partial charge on any atom is 0.134 e. The van der Waals surface area contributed by atoms with Crippen LogP contribution in [0.4, 0.5) is 4.39 Å². The molecule has 1 nitrogen and oxygen atoms in total. The molecule has 0 fully saturated rings. The van der Waals surface area contributed by atoms with Crippen LogP contribution in [0.1, 0.15) is 18.1 Å². The first-order valence-corrected chi connectivity index (χ1v) is 4.32. The number of rotatable bonds is 2. The molecule has 0 N–H and O–H groups in total. The summed E-state index contributed by atoms with van der Waals surface area (Å²) in [5.74, 6) is -0.342. The van der Waals surface area contributed by atoms with Crippen LogP contribution < -0.4 is 0 Å². The molecule has 0 aliphatic heterocycles. The molecule has 3 heteroatoms. The zero-order chi connectivity index (χ0) is 10.0. The van der Waals surface area contributed by atoms with Crippen molar-refractivity contribution < 1.29 is 9.18 Å². The van der Waals surface area contributed by atoms with Gasteiger partial charge in [0.25, 0.3) is 0 Å². The van der Waals surface area contributed by atoms with Gasteiger partial charge >= 0.3 is 0 Å². The SMILES string of the molecule is CC(=O)Cc1cc(F)c(C)cc1Cl. The molecule has 0 aromatic heterocycles. The molecule has 1 rings (SSSR count). The van der Waals surface area contributed by atoms with Crippen molar-refractivity contribution in [2.45, 2.75) is 20.3 Å². The first kappa shape index (κ1) is 10.2. The Morgan fingerprint density at radius 1 is 1.54 bits per heavy atom. The zero-order valence-electron chi connectivity index (χ0n) is 7.53. The van der Waals surface area contributed by atoms with E-state index in [1.165, 1.54) is 19.1 Å². The van der Waals surface area contributed by atoms with E-state index in [4.69, 9.17) is 11.6 Å². The highest BCUT2D eigenvalue weighted by molar-refractivity contribution is 6.31. The van der Waals surface area contributed by atoms with E-state index in [1.807, 2.05) is 0 Å². The van der Waals surface area contributed by atoms with Crippen molar-refractivity contribution in [1.29, 1.82) is 0 Å². The average Bonchev–Trinajstić information content (AvgIpc) is 1.99. The molecule has 0 heterocycles. The molecule has 0 radical (unpaired) electrons. The third-order valence-corrected chi connectivity index (χ3v) is 2.12. The monoisotopic (exact) mass is 200 g/mol. The first-order valence-electron chi connectivity index (χ1n) is 3.94. The summed E-state index contributed by atoms with van der Waals surface area (Å²) in [7, 11) is 0. The quantitative estimate of drug-likeness (QED) is 0.718. The van der Waals surface area contributed by atoms with E-state index in [0.29, 0.717) is 16.1 Å². The Kier molecular flexibility index (Phi) is 3.04. The number of hydrogen-bond donors (Lipinski definition) is 0. The summed E-state index contributed by atoms with van der Waals surface area (Å²) in [6, 6.07) is 2.86. The molecule has 0 spiro atoms. The van der Waals surface area contributed by atoms with Crippen molar-refractivity contribution in [3.05, 3.63) is 34.1 Å². The predicted molar refractivity (Wildman–Crippen MR) is 50.5 cm³/mol. The van der Waals surface area contributed by atoms with Gasteiger partial charge in [-0.1, -0.05) is 11.6 Å². The van der Waals surface area contributed by atoms with Gasteiger partial charge in [0.05, 0.1) is 0 Å². The molecule has 0 bridgehead atoms. The maximum atomic E-state index is 13.0. The van der Waals surface area contributed by atoms with Crippen LogP contribution in [0.15, 0.2) is 12.1 Å². The fraction of sp³-hybridized carbons (Fsp3) is 0.300. The van der Waals surface area contributed by atoms with Crippen LogP contribution in [0.3, 0.4) is 0 Å². The minimum Gasteiger partial charge on any atom is -0.300 e. The van der Waals surface area contributed by atoms with Crippen molar-refractivity contribution in [2.75, 3.05) is 0 Å². The van der Waals surface area contributed by atoms with Gasteiger partial charge in [0.15, 0.2) is 0 Å². The lowest BCUT2D eigenvalue weighted by Gasteiger charge is -2.03. The van der Waals surface area contributed by atoms with Crippen LogP contribution in [0.2, 0.25) is 5.02 Å². The van der Waals surface area contributed by atoms with Crippen LogP contribution in [0.25, 0.3) is 0 Å². The van der Waals surface area contributed by atoms with Crippen LogP contribution in [0, 0.1) is 12.7 Å². The predicted octanol–water partition coefficient (Wildman–Crippen LogP) is 2.92. The van der Waals surface area contributed by atoms with Crippen molar-refractivity contribution >= 4 is 17.4 Å². The molecular formula is C10H10ClFO. The van der Waals surface area contributed by atoms with E-state index in [1.54, 1.807) is 6.92 Å². The van der Waals surface area contributed by atoms with Gasteiger partial charge in [-0.25, -0.2) is 4.39 Å². The molecule has 13 heavy (non-hydrogen) atoms. The molecule has 0 amide bonds. The van der Waals surface area contributed by atoms with Gasteiger partial charge in [-0.05, 0) is 37.1 Å². The van der Waals surface area contributed by atoms with E-state index >= 15 is 0 Å². The molecule has 0 aliphatic rings. The van der Waals surface area contributed by atoms with Crippen molar-refractivity contribution in [2.24, 2.45) is 0 Å². The molecule has 0 atom stereocenters.